The Balaban J connectivity index is 4.15. The van der Waals surface area contributed by atoms with Crippen molar-refractivity contribution in [3.8, 4) is 0 Å². The summed E-state index contributed by atoms with van der Waals surface area (Å²) in [6.07, 6.45) is 10.9. The molecule has 1 atom stereocenters. The molecule has 18 heavy (non-hydrogen) atoms. The van der Waals surface area contributed by atoms with E-state index in [-0.39, 0.29) is 18.5 Å². The highest BCUT2D eigenvalue weighted by Gasteiger charge is 2.05. The van der Waals surface area contributed by atoms with Gasteiger partial charge >= 0.3 is 0 Å². The topological polar surface area (TPSA) is 41.1 Å². The van der Waals surface area contributed by atoms with Crippen molar-refractivity contribution in [1.82, 2.24) is 10.6 Å². The minimum absolute atomic E-state index is 0.00193. The molecule has 100 valence electrons. The summed E-state index contributed by atoms with van der Waals surface area (Å²) in [6.45, 7) is 11.6. The molecular weight excluding hydrogens is 224 g/mol. The van der Waals surface area contributed by atoms with Crippen molar-refractivity contribution in [2.24, 2.45) is 0 Å². The lowest BCUT2D eigenvalue weighted by molar-refractivity contribution is -0.120. The molecule has 1 amide bonds. The summed E-state index contributed by atoms with van der Waals surface area (Å²) in [5.41, 5.74) is 0.836. The number of carbonyl (C=O) groups excluding carboxylic acids is 1. The maximum atomic E-state index is 11.6. The molecule has 1 unspecified atom stereocenters. The molecule has 0 fully saturated rings. The summed E-state index contributed by atoms with van der Waals surface area (Å²) in [5, 5.41) is 5.98. The zero-order chi connectivity index (χ0) is 13.8. The Morgan fingerprint density at radius 3 is 2.61 bits per heavy atom. The number of hydrogen-bond acceptors (Lipinski definition) is 2. The molecule has 2 N–H and O–H groups in total. The third kappa shape index (κ3) is 8.39. The van der Waals surface area contributed by atoms with Crippen LogP contribution in [0.2, 0.25) is 0 Å². The summed E-state index contributed by atoms with van der Waals surface area (Å²) < 4.78 is 0. The SMILES string of the molecule is C=C/C=C\C(=C/C=C)NCC(=O)NC(C)CCC. The van der Waals surface area contributed by atoms with Gasteiger partial charge in [-0.3, -0.25) is 4.79 Å². The minimum atomic E-state index is -0.00193. The van der Waals surface area contributed by atoms with Crippen molar-refractivity contribution in [2.45, 2.75) is 32.7 Å². The molecule has 0 aromatic carbocycles. The molecule has 0 aliphatic carbocycles. The first kappa shape index (κ1) is 16.2. The van der Waals surface area contributed by atoms with Crippen molar-refractivity contribution in [1.29, 1.82) is 0 Å². The van der Waals surface area contributed by atoms with Crippen molar-refractivity contribution >= 4 is 5.91 Å². The van der Waals surface area contributed by atoms with E-state index in [1.807, 2.05) is 19.1 Å². The van der Waals surface area contributed by atoms with Crippen LogP contribution in [-0.2, 0) is 4.79 Å². The molecule has 0 bridgehead atoms. The highest BCUT2D eigenvalue weighted by Crippen LogP contribution is 1.95. The summed E-state index contributed by atoms with van der Waals surface area (Å²) in [6, 6.07) is 0.222. The van der Waals surface area contributed by atoms with Gasteiger partial charge in [-0.2, -0.15) is 0 Å². The van der Waals surface area contributed by atoms with Crippen LogP contribution in [0, 0.1) is 0 Å². The Kier molecular flexibility index (Phi) is 9.37. The van der Waals surface area contributed by atoms with Gasteiger partial charge in [-0.25, -0.2) is 0 Å². The van der Waals surface area contributed by atoms with Gasteiger partial charge in [0.05, 0.1) is 6.54 Å². The number of allylic oxidation sites excluding steroid dienone is 5. The second-order valence-electron chi connectivity index (χ2n) is 4.06. The van der Waals surface area contributed by atoms with Gasteiger partial charge in [0, 0.05) is 11.7 Å². The van der Waals surface area contributed by atoms with E-state index in [0.29, 0.717) is 0 Å². The lowest BCUT2D eigenvalue weighted by Gasteiger charge is -2.13. The lowest BCUT2D eigenvalue weighted by atomic mass is 10.2. The van der Waals surface area contributed by atoms with Crippen LogP contribution in [0.4, 0.5) is 0 Å². The number of hydrogen-bond donors (Lipinski definition) is 2. The standard InChI is InChI=1S/C15H24N2O/c1-5-8-11-14(10-7-3)16-12-15(18)17-13(4)9-6-2/h5,7-8,10-11,13,16H,1,3,6,9,12H2,2,4H3,(H,17,18)/b11-8-,14-10+. The van der Waals surface area contributed by atoms with Crippen molar-refractivity contribution in [3.63, 3.8) is 0 Å². The van der Waals surface area contributed by atoms with Crippen LogP contribution in [-0.4, -0.2) is 18.5 Å². The smallest absolute Gasteiger partial charge is 0.239 e. The summed E-state index contributed by atoms with van der Waals surface area (Å²) in [7, 11) is 0. The van der Waals surface area contributed by atoms with Gasteiger partial charge in [-0.15, -0.1) is 0 Å². The van der Waals surface area contributed by atoms with Crippen LogP contribution in [0.5, 0.6) is 0 Å². The van der Waals surface area contributed by atoms with Gasteiger partial charge in [0.1, 0.15) is 0 Å². The van der Waals surface area contributed by atoms with Crippen LogP contribution in [0.25, 0.3) is 0 Å². The van der Waals surface area contributed by atoms with Crippen molar-refractivity contribution in [3.05, 3.63) is 49.2 Å². The van der Waals surface area contributed by atoms with E-state index in [1.165, 1.54) is 0 Å². The maximum absolute atomic E-state index is 11.6. The molecule has 0 radical (unpaired) electrons. The molecule has 0 aromatic rings. The van der Waals surface area contributed by atoms with Crippen LogP contribution in [0.1, 0.15) is 26.7 Å². The largest absolute Gasteiger partial charge is 0.376 e. The second kappa shape index (κ2) is 10.4. The van der Waals surface area contributed by atoms with Crippen molar-refractivity contribution < 1.29 is 4.79 Å². The van der Waals surface area contributed by atoms with E-state index in [4.69, 9.17) is 0 Å². The minimum Gasteiger partial charge on any atom is -0.376 e. The van der Waals surface area contributed by atoms with E-state index in [1.54, 1.807) is 18.2 Å². The maximum Gasteiger partial charge on any atom is 0.239 e. The van der Waals surface area contributed by atoms with E-state index in [9.17, 15) is 4.79 Å². The van der Waals surface area contributed by atoms with Crippen LogP contribution < -0.4 is 10.6 Å². The number of rotatable bonds is 9. The van der Waals surface area contributed by atoms with Crippen LogP contribution in [0.15, 0.2) is 49.2 Å². The quantitative estimate of drug-likeness (QED) is 0.616. The van der Waals surface area contributed by atoms with Gasteiger partial charge in [-0.1, -0.05) is 44.7 Å². The fraction of sp³-hybridized carbons (Fsp3) is 0.400. The molecule has 0 rings (SSSR count). The fourth-order valence-corrected chi connectivity index (χ4v) is 1.49. The van der Waals surface area contributed by atoms with E-state index in [2.05, 4.69) is 30.7 Å². The van der Waals surface area contributed by atoms with Crippen molar-refractivity contribution in [2.75, 3.05) is 6.54 Å². The summed E-state index contributed by atoms with van der Waals surface area (Å²) >= 11 is 0. The molecule has 0 heterocycles. The van der Waals surface area contributed by atoms with Crippen LogP contribution >= 0.6 is 0 Å². The summed E-state index contributed by atoms with van der Waals surface area (Å²) in [5.74, 6) is -0.00193. The molecule has 0 spiro atoms. The number of carbonyl (C=O) groups is 1. The zero-order valence-electron chi connectivity index (χ0n) is 11.4. The first-order valence-electron chi connectivity index (χ1n) is 6.29. The van der Waals surface area contributed by atoms with E-state index in [0.717, 1.165) is 18.5 Å². The van der Waals surface area contributed by atoms with Gasteiger partial charge < -0.3 is 10.6 Å². The first-order valence-corrected chi connectivity index (χ1v) is 6.29. The van der Waals surface area contributed by atoms with E-state index < -0.39 is 0 Å². The van der Waals surface area contributed by atoms with Gasteiger partial charge in [-0.05, 0) is 25.5 Å². The highest BCUT2D eigenvalue weighted by atomic mass is 16.1. The second-order valence-corrected chi connectivity index (χ2v) is 4.06. The predicted molar refractivity (Wildman–Crippen MR) is 78.1 cm³/mol. The molecule has 0 aromatic heterocycles. The number of nitrogens with one attached hydrogen (secondary N) is 2. The molecule has 0 aliphatic rings. The molecule has 3 nitrogen and oxygen atoms in total. The predicted octanol–water partition coefficient (Wildman–Crippen LogP) is 2.69. The van der Waals surface area contributed by atoms with Gasteiger partial charge in [0.2, 0.25) is 5.91 Å². The van der Waals surface area contributed by atoms with Gasteiger partial charge in [0.25, 0.3) is 0 Å². The van der Waals surface area contributed by atoms with E-state index >= 15 is 0 Å². The molecule has 3 heteroatoms. The first-order chi connectivity index (χ1) is 8.63. The van der Waals surface area contributed by atoms with Gasteiger partial charge in [0.15, 0.2) is 0 Å². The Labute approximate surface area is 110 Å². The number of amides is 1. The fourth-order valence-electron chi connectivity index (χ4n) is 1.49. The lowest BCUT2D eigenvalue weighted by Crippen LogP contribution is -2.38. The Hall–Kier alpha value is -1.77. The zero-order valence-corrected chi connectivity index (χ0v) is 11.4. The average molecular weight is 248 g/mol. The third-order valence-electron chi connectivity index (χ3n) is 2.29. The van der Waals surface area contributed by atoms with Crippen LogP contribution in [0.3, 0.4) is 0 Å². The normalized spacial score (nSPS) is 13.1. The molecular formula is C15H24N2O. The Bertz CT molecular complexity index is 329. The monoisotopic (exact) mass is 248 g/mol. The Morgan fingerprint density at radius 2 is 2.06 bits per heavy atom. The third-order valence-corrected chi connectivity index (χ3v) is 2.29. The molecule has 0 saturated heterocycles. The molecule has 0 aliphatic heterocycles. The Morgan fingerprint density at radius 1 is 1.33 bits per heavy atom. The average Bonchev–Trinajstić information content (AvgIpc) is 2.33. The highest BCUT2D eigenvalue weighted by molar-refractivity contribution is 5.78. The molecule has 0 saturated carbocycles. The summed E-state index contributed by atoms with van der Waals surface area (Å²) in [4.78, 5) is 11.6.